The molecule has 1 aliphatic rings. The Balaban J connectivity index is 1.65. The molecule has 21 heavy (non-hydrogen) atoms. The van der Waals surface area contributed by atoms with Gasteiger partial charge in [-0.05, 0) is 37.0 Å². The summed E-state index contributed by atoms with van der Waals surface area (Å²) < 4.78 is 15.3. The van der Waals surface area contributed by atoms with Crippen LogP contribution in [0.25, 0.3) is 0 Å². The van der Waals surface area contributed by atoms with E-state index in [1.165, 1.54) is 30.8 Å². The Morgan fingerprint density at radius 3 is 2.95 bits per heavy atom. The van der Waals surface area contributed by atoms with Crippen LogP contribution in [0.15, 0.2) is 36.7 Å². The van der Waals surface area contributed by atoms with Gasteiger partial charge in [-0.2, -0.15) is 0 Å². The Hall–Kier alpha value is -1.68. The molecule has 1 aromatic carbocycles. The fourth-order valence-corrected chi connectivity index (χ4v) is 3.18. The predicted octanol–water partition coefficient (Wildman–Crippen LogP) is 3.64. The maximum absolute atomic E-state index is 13.0. The SMILES string of the molecule is CC[C@@H](NC[C@H]1CCCn2ccnc21)c1ccc(F)cc1. The van der Waals surface area contributed by atoms with Crippen LogP contribution in [0.2, 0.25) is 0 Å². The van der Waals surface area contributed by atoms with Gasteiger partial charge in [0.2, 0.25) is 0 Å². The van der Waals surface area contributed by atoms with Crippen LogP contribution >= 0.6 is 0 Å². The molecule has 1 aliphatic heterocycles. The van der Waals surface area contributed by atoms with Gasteiger partial charge in [-0.25, -0.2) is 9.37 Å². The second kappa shape index (κ2) is 6.39. The first-order valence-electron chi connectivity index (χ1n) is 7.77. The van der Waals surface area contributed by atoms with E-state index in [0.29, 0.717) is 5.92 Å². The first-order valence-corrected chi connectivity index (χ1v) is 7.77. The summed E-state index contributed by atoms with van der Waals surface area (Å²) in [5.74, 6) is 1.49. The zero-order valence-electron chi connectivity index (χ0n) is 12.4. The van der Waals surface area contributed by atoms with Crippen LogP contribution in [0.1, 0.15) is 49.5 Å². The van der Waals surface area contributed by atoms with Crippen molar-refractivity contribution < 1.29 is 4.39 Å². The normalized spacial score (nSPS) is 19.2. The minimum Gasteiger partial charge on any atom is -0.335 e. The number of nitrogens with one attached hydrogen (secondary N) is 1. The number of nitrogens with zero attached hydrogens (tertiary/aromatic N) is 2. The Morgan fingerprint density at radius 1 is 1.38 bits per heavy atom. The number of aromatic nitrogens is 2. The molecule has 3 rings (SSSR count). The van der Waals surface area contributed by atoms with Gasteiger partial charge in [0, 0.05) is 37.4 Å². The number of imidazole rings is 1. The molecule has 2 heterocycles. The highest BCUT2D eigenvalue weighted by atomic mass is 19.1. The lowest BCUT2D eigenvalue weighted by Crippen LogP contribution is -2.29. The van der Waals surface area contributed by atoms with Crippen molar-refractivity contribution in [2.45, 2.75) is 44.7 Å². The maximum Gasteiger partial charge on any atom is 0.123 e. The van der Waals surface area contributed by atoms with Crippen LogP contribution in [0.5, 0.6) is 0 Å². The topological polar surface area (TPSA) is 29.9 Å². The number of rotatable bonds is 5. The molecule has 112 valence electrons. The molecule has 0 radical (unpaired) electrons. The molecule has 2 aromatic rings. The van der Waals surface area contributed by atoms with E-state index in [2.05, 4.69) is 28.0 Å². The smallest absolute Gasteiger partial charge is 0.123 e. The Kier molecular flexibility index (Phi) is 4.34. The minimum atomic E-state index is -0.178. The summed E-state index contributed by atoms with van der Waals surface area (Å²) in [5, 5.41) is 3.63. The number of aryl methyl sites for hydroxylation is 1. The molecule has 0 amide bonds. The van der Waals surface area contributed by atoms with E-state index in [0.717, 1.165) is 25.1 Å². The van der Waals surface area contributed by atoms with Gasteiger partial charge in [-0.3, -0.25) is 0 Å². The van der Waals surface area contributed by atoms with Crippen molar-refractivity contribution in [2.75, 3.05) is 6.54 Å². The highest BCUT2D eigenvalue weighted by Crippen LogP contribution is 2.26. The fraction of sp³-hybridized carbons (Fsp3) is 0.471. The third-order valence-corrected chi connectivity index (χ3v) is 4.36. The van der Waals surface area contributed by atoms with Gasteiger partial charge < -0.3 is 9.88 Å². The van der Waals surface area contributed by atoms with Crippen LogP contribution in [0.4, 0.5) is 4.39 Å². The summed E-state index contributed by atoms with van der Waals surface area (Å²) in [7, 11) is 0. The van der Waals surface area contributed by atoms with Crippen molar-refractivity contribution >= 4 is 0 Å². The molecule has 0 saturated carbocycles. The molecule has 1 aromatic heterocycles. The summed E-state index contributed by atoms with van der Waals surface area (Å²) in [4.78, 5) is 4.50. The molecule has 0 saturated heterocycles. The molecule has 0 unspecified atom stereocenters. The third-order valence-electron chi connectivity index (χ3n) is 4.36. The van der Waals surface area contributed by atoms with Gasteiger partial charge >= 0.3 is 0 Å². The van der Waals surface area contributed by atoms with E-state index in [4.69, 9.17) is 0 Å². The third kappa shape index (κ3) is 3.16. The molecule has 0 spiro atoms. The Labute approximate surface area is 125 Å². The molecular weight excluding hydrogens is 265 g/mol. The second-order valence-electron chi connectivity index (χ2n) is 5.74. The quantitative estimate of drug-likeness (QED) is 0.910. The molecule has 3 nitrogen and oxygen atoms in total. The first-order chi connectivity index (χ1) is 10.3. The number of benzene rings is 1. The zero-order valence-corrected chi connectivity index (χ0v) is 12.4. The van der Waals surface area contributed by atoms with Crippen molar-refractivity contribution in [1.82, 2.24) is 14.9 Å². The largest absolute Gasteiger partial charge is 0.335 e. The molecule has 0 aliphatic carbocycles. The van der Waals surface area contributed by atoms with Crippen molar-refractivity contribution in [1.29, 1.82) is 0 Å². The van der Waals surface area contributed by atoms with E-state index in [1.54, 1.807) is 0 Å². The highest BCUT2D eigenvalue weighted by molar-refractivity contribution is 5.20. The van der Waals surface area contributed by atoms with Gasteiger partial charge in [0.1, 0.15) is 11.6 Å². The standard InChI is InChI=1S/C17H22FN3/c1-2-16(13-5-7-15(18)8-6-13)20-12-14-4-3-10-21-11-9-19-17(14)21/h5-9,11,14,16,20H,2-4,10,12H2,1H3/t14-,16-/m1/s1. The average Bonchev–Trinajstić information content (AvgIpc) is 2.99. The van der Waals surface area contributed by atoms with E-state index in [1.807, 2.05) is 18.3 Å². The second-order valence-corrected chi connectivity index (χ2v) is 5.74. The molecule has 0 fully saturated rings. The summed E-state index contributed by atoms with van der Waals surface area (Å²) in [6, 6.07) is 7.09. The van der Waals surface area contributed by atoms with Gasteiger partial charge in [0.15, 0.2) is 0 Å². The molecule has 4 heteroatoms. The van der Waals surface area contributed by atoms with Crippen molar-refractivity contribution in [3.05, 3.63) is 53.9 Å². The molecule has 1 N–H and O–H groups in total. The number of hydrogen-bond acceptors (Lipinski definition) is 2. The average molecular weight is 287 g/mol. The van der Waals surface area contributed by atoms with Crippen LogP contribution < -0.4 is 5.32 Å². The molecular formula is C17H22FN3. The number of hydrogen-bond donors (Lipinski definition) is 1. The highest BCUT2D eigenvalue weighted by Gasteiger charge is 2.22. The Morgan fingerprint density at radius 2 is 2.19 bits per heavy atom. The number of fused-ring (bicyclic) bond motifs is 1. The van der Waals surface area contributed by atoms with Crippen molar-refractivity contribution in [3.63, 3.8) is 0 Å². The van der Waals surface area contributed by atoms with Crippen molar-refractivity contribution in [3.8, 4) is 0 Å². The molecule has 0 bridgehead atoms. The predicted molar refractivity (Wildman–Crippen MR) is 81.6 cm³/mol. The monoisotopic (exact) mass is 287 g/mol. The van der Waals surface area contributed by atoms with Crippen LogP contribution in [-0.4, -0.2) is 16.1 Å². The van der Waals surface area contributed by atoms with Crippen LogP contribution in [0, 0.1) is 5.82 Å². The van der Waals surface area contributed by atoms with Crippen LogP contribution in [-0.2, 0) is 6.54 Å². The lowest BCUT2D eigenvalue weighted by atomic mass is 9.97. The summed E-state index contributed by atoms with van der Waals surface area (Å²) in [6.07, 6.45) is 7.35. The lowest BCUT2D eigenvalue weighted by molar-refractivity contribution is 0.398. The summed E-state index contributed by atoms with van der Waals surface area (Å²) >= 11 is 0. The van der Waals surface area contributed by atoms with E-state index in [-0.39, 0.29) is 11.9 Å². The zero-order chi connectivity index (χ0) is 14.7. The maximum atomic E-state index is 13.0. The van der Waals surface area contributed by atoms with Gasteiger partial charge in [0.05, 0.1) is 0 Å². The van der Waals surface area contributed by atoms with Gasteiger partial charge in [0.25, 0.3) is 0 Å². The fourth-order valence-electron chi connectivity index (χ4n) is 3.18. The summed E-state index contributed by atoms with van der Waals surface area (Å²) in [5.41, 5.74) is 1.15. The van der Waals surface area contributed by atoms with Crippen LogP contribution in [0.3, 0.4) is 0 Å². The van der Waals surface area contributed by atoms with Crippen molar-refractivity contribution in [2.24, 2.45) is 0 Å². The minimum absolute atomic E-state index is 0.178. The molecule has 2 atom stereocenters. The Bertz CT molecular complexity index is 576. The van der Waals surface area contributed by atoms with Gasteiger partial charge in [-0.15, -0.1) is 0 Å². The van der Waals surface area contributed by atoms with Gasteiger partial charge in [-0.1, -0.05) is 19.1 Å². The lowest BCUT2D eigenvalue weighted by Gasteiger charge is -2.26. The van der Waals surface area contributed by atoms with E-state index >= 15 is 0 Å². The number of halogens is 1. The summed E-state index contributed by atoms with van der Waals surface area (Å²) in [6.45, 7) is 4.16. The van der Waals surface area contributed by atoms with E-state index < -0.39 is 0 Å². The van der Waals surface area contributed by atoms with E-state index in [9.17, 15) is 4.39 Å². The first kappa shape index (κ1) is 14.3.